The molecule has 0 unspecified atom stereocenters. The Morgan fingerprint density at radius 2 is 1.72 bits per heavy atom. The van der Waals surface area contributed by atoms with Gasteiger partial charge in [0.2, 0.25) is 5.91 Å². The molecule has 3 N–H and O–H groups in total. The van der Waals surface area contributed by atoms with Gasteiger partial charge in [0, 0.05) is 12.5 Å². The van der Waals surface area contributed by atoms with Crippen molar-refractivity contribution in [2.45, 2.75) is 52.3 Å². The highest BCUT2D eigenvalue weighted by Gasteiger charge is 2.25. The molecule has 0 bridgehead atoms. The van der Waals surface area contributed by atoms with E-state index in [9.17, 15) is 14.4 Å². The van der Waals surface area contributed by atoms with Crippen LogP contribution in [0.1, 0.15) is 39.2 Å². The summed E-state index contributed by atoms with van der Waals surface area (Å²) in [5.41, 5.74) is 0.852. The van der Waals surface area contributed by atoms with Crippen LogP contribution in [0.2, 0.25) is 0 Å². The average molecular weight is 350 g/mol. The highest BCUT2D eigenvalue weighted by molar-refractivity contribution is 5.86. The van der Waals surface area contributed by atoms with Crippen molar-refractivity contribution in [2.75, 3.05) is 0 Å². The minimum absolute atomic E-state index is 0.0274. The summed E-state index contributed by atoms with van der Waals surface area (Å²) in [6.45, 7) is 5.47. The number of rotatable bonds is 9. The van der Waals surface area contributed by atoms with Crippen molar-refractivity contribution >= 4 is 18.0 Å². The number of carbonyl (C=O) groups is 3. The molecular weight excluding hydrogens is 324 g/mol. The maximum Gasteiger partial charge on any atom is 0.408 e. The smallest absolute Gasteiger partial charge is 0.408 e. The number of hydrogen-bond donors (Lipinski definition) is 3. The largest absolute Gasteiger partial charge is 0.481 e. The second kappa shape index (κ2) is 10.3. The normalized spacial score (nSPS) is 13.0. The number of benzene rings is 1. The number of hydrogen-bond acceptors (Lipinski definition) is 4. The lowest BCUT2D eigenvalue weighted by Gasteiger charge is -2.23. The Hall–Kier alpha value is -2.57. The molecule has 2 amide bonds. The number of amides is 2. The van der Waals surface area contributed by atoms with Gasteiger partial charge in [-0.3, -0.25) is 9.59 Å². The van der Waals surface area contributed by atoms with Gasteiger partial charge in [0.25, 0.3) is 0 Å². The molecule has 1 aromatic carbocycles. The van der Waals surface area contributed by atoms with Gasteiger partial charge in [0.05, 0.1) is 0 Å². The van der Waals surface area contributed by atoms with Crippen LogP contribution in [0.15, 0.2) is 30.3 Å². The number of aliphatic carboxylic acids is 1. The summed E-state index contributed by atoms with van der Waals surface area (Å²) >= 11 is 0. The Morgan fingerprint density at radius 1 is 1.08 bits per heavy atom. The van der Waals surface area contributed by atoms with E-state index in [1.807, 2.05) is 44.2 Å². The summed E-state index contributed by atoms with van der Waals surface area (Å²) in [4.78, 5) is 34.8. The summed E-state index contributed by atoms with van der Waals surface area (Å²) < 4.78 is 5.14. The summed E-state index contributed by atoms with van der Waals surface area (Å²) in [7, 11) is 0. The second-order valence-electron chi connectivity index (χ2n) is 6.27. The number of carbonyl (C=O) groups excluding carboxylic acids is 2. The van der Waals surface area contributed by atoms with Gasteiger partial charge in [-0.05, 0) is 24.8 Å². The summed E-state index contributed by atoms with van der Waals surface area (Å²) in [5.74, 6) is -1.41. The molecule has 138 valence electrons. The van der Waals surface area contributed by atoms with Gasteiger partial charge < -0.3 is 20.5 Å². The van der Waals surface area contributed by atoms with E-state index in [-0.39, 0.29) is 30.9 Å². The van der Waals surface area contributed by atoms with Crippen molar-refractivity contribution < 1.29 is 24.2 Å². The molecule has 0 radical (unpaired) electrons. The first kappa shape index (κ1) is 20.5. The van der Waals surface area contributed by atoms with Gasteiger partial charge in [0.1, 0.15) is 12.6 Å². The molecule has 0 aromatic heterocycles. The Balaban J connectivity index is 2.50. The zero-order chi connectivity index (χ0) is 18.8. The molecule has 1 aromatic rings. The van der Waals surface area contributed by atoms with Crippen LogP contribution in [0.25, 0.3) is 0 Å². The van der Waals surface area contributed by atoms with Crippen LogP contribution in [0, 0.1) is 5.92 Å². The number of carboxylic acids is 1. The van der Waals surface area contributed by atoms with Crippen molar-refractivity contribution in [1.82, 2.24) is 10.6 Å². The molecule has 0 aliphatic carbocycles. The number of nitrogens with one attached hydrogen (secondary N) is 2. The van der Waals surface area contributed by atoms with Crippen LogP contribution < -0.4 is 10.6 Å². The van der Waals surface area contributed by atoms with Crippen LogP contribution in [0.4, 0.5) is 4.79 Å². The van der Waals surface area contributed by atoms with E-state index >= 15 is 0 Å². The lowest BCUT2D eigenvalue weighted by molar-refractivity contribution is -0.137. The first-order valence-electron chi connectivity index (χ1n) is 8.29. The molecular formula is C18H26N2O5. The molecule has 0 aliphatic rings. The first-order valence-corrected chi connectivity index (χ1v) is 8.29. The highest BCUT2D eigenvalue weighted by Crippen LogP contribution is 2.06. The van der Waals surface area contributed by atoms with Gasteiger partial charge >= 0.3 is 12.1 Å². The molecule has 7 nitrogen and oxygen atoms in total. The maximum atomic E-state index is 12.3. The van der Waals surface area contributed by atoms with Crippen LogP contribution in [0.5, 0.6) is 0 Å². The topological polar surface area (TPSA) is 105 Å². The summed E-state index contributed by atoms with van der Waals surface area (Å²) in [6, 6.07) is 8.18. The Bertz CT molecular complexity index is 574. The predicted molar refractivity (Wildman–Crippen MR) is 92.9 cm³/mol. The molecule has 0 spiro atoms. The average Bonchev–Trinajstić information content (AvgIpc) is 2.56. The van der Waals surface area contributed by atoms with E-state index < -0.39 is 18.1 Å². The number of ether oxygens (including phenoxy) is 1. The summed E-state index contributed by atoms with van der Waals surface area (Å²) in [6.07, 6.45) is -0.374. The zero-order valence-corrected chi connectivity index (χ0v) is 14.8. The van der Waals surface area contributed by atoms with Crippen molar-refractivity contribution in [1.29, 1.82) is 0 Å². The third kappa shape index (κ3) is 8.19. The van der Waals surface area contributed by atoms with Gasteiger partial charge in [0.15, 0.2) is 0 Å². The van der Waals surface area contributed by atoms with E-state index in [2.05, 4.69) is 10.6 Å². The molecule has 0 heterocycles. The van der Waals surface area contributed by atoms with Crippen molar-refractivity contribution in [3.8, 4) is 0 Å². The van der Waals surface area contributed by atoms with Crippen LogP contribution in [0.3, 0.4) is 0 Å². The van der Waals surface area contributed by atoms with Crippen molar-refractivity contribution in [2.24, 2.45) is 5.92 Å². The quantitative estimate of drug-likeness (QED) is 0.634. The molecule has 0 aliphatic heterocycles. The fraction of sp³-hybridized carbons (Fsp3) is 0.500. The first-order chi connectivity index (χ1) is 11.8. The van der Waals surface area contributed by atoms with E-state index in [1.165, 1.54) is 0 Å². The SMILES string of the molecule is CC(C)[C@@H](NC(=O)OCc1ccccc1)C(=O)N[C@@H](C)CCC(=O)O. The zero-order valence-electron chi connectivity index (χ0n) is 14.8. The molecule has 1 rings (SSSR count). The second-order valence-corrected chi connectivity index (χ2v) is 6.27. The predicted octanol–water partition coefficient (Wildman–Crippen LogP) is 2.31. The third-order valence-corrected chi connectivity index (χ3v) is 3.62. The molecule has 0 saturated carbocycles. The van der Waals surface area contributed by atoms with Gasteiger partial charge in [-0.1, -0.05) is 44.2 Å². The molecule has 2 atom stereocenters. The monoisotopic (exact) mass is 350 g/mol. The van der Waals surface area contributed by atoms with E-state index in [0.29, 0.717) is 6.42 Å². The Morgan fingerprint density at radius 3 is 2.28 bits per heavy atom. The Kier molecular flexibility index (Phi) is 8.46. The summed E-state index contributed by atoms with van der Waals surface area (Å²) in [5, 5.41) is 14.0. The van der Waals surface area contributed by atoms with Gasteiger partial charge in [-0.25, -0.2) is 4.79 Å². The fourth-order valence-corrected chi connectivity index (χ4v) is 2.17. The Labute approximate surface area is 147 Å². The number of carboxylic acid groups (broad SMARTS) is 1. The number of alkyl carbamates (subject to hydrolysis) is 1. The van der Waals surface area contributed by atoms with Crippen LogP contribution in [-0.2, 0) is 20.9 Å². The highest BCUT2D eigenvalue weighted by atomic mass is 16.5. The van der Waals surface area contributed by atoms with Gasteiger partial charge in [-0.15, -0.1) is 0 Å². The standard InChI is InChI=1S/C18H26N2O5/c1-12(2)16(17(23)19-13(3)9-10-15(21)22)20-18(24)25-11-14-7-5-4-6-8-14/h4-8,12-13,16H,9-11H2,1-3H3,(H,19,23)(H,20,24)(H,21,22)/t13-,16+/m0/s1. The fourth-order valence-electron chi connectivity index (χ4n) is 2.17. The minimum Gasteiger partial charge on any atom is -0.481 e. The molecule has 0 fully saturated rings. The van der Waals surface area contributed by atoms with Crippen LogP contribution in [-0.4, -0.2) is 35.2 Å². The van der Waals surface area contributed by atoms with E-state index in [0.717, 1.165) is 5.56 Å². The molecule has 25 heavy (non-hydrogen) atoms. The lowest BCUT2D eigenvalue weighted by atomic mass is 10.0. The van der Waals surface area contributed by atoms with E-state index in [4.69, 9.17) is 9.84 Å². The minimum atomic E-state index is -0.913. The van der Waals surface area contributed by atoms with Gasteiger partial charge in [-0.2, -0.15) is 0 Å². The third-order valence-electron chi connectivity index (χ3n) is 3.62. The van der Waals surface area contributed by atoms with Crippen LogP contribution >= 0.6 is 0 Å². The molecule has 7 heteroatoms. The van der Waals surface area contributed by atoms with Crippen molar-refractivity contribution in [3.63, 3.8) is 0 Å². The van der Waals surface area contributed by atoms with E-state index in [1.54, 1.807) is 6.92 Å². The van der Waals surface area contributed by atoms with Crippen molar-refractivity contribution in [3.05, 3.63) is 35.9 Å². The lowest BCUT2D eigenvalue weighted by Crippen LogP contribution is -2.51. The molecule has 0 saturated heterocycles. The maximum absolute atomic E-state index is 12.3.